The van der Waals surface area contributed by atoms with E-state index in [0.29, 0.717) is 0 Å². The van der Waals surface area contributed by atoms with Crippen LogP contribution in [0.1, 0.15) is 38.5 Å². The maximum absolute atomic E-state index is 3.39. The molecule has 0 aromatic heterocycles. The summed E-state index contributed by atoms with van der Waals surface area (Å²) >= 11 is 0. The summed E-state index contributed by atoms with van der Waals surface area (Å²) < 4.78 is 0. The van der Waals surface area contributed by atoms with Gasteiger partial charge in [0, 0.05) is 32.6 Å². The van der Waals surface area contributed by atoms with Crippen LogP contribution in [-0.2, 0) is 0 Å². The van der Waals surface area contributed by atoms with Crippen molar-refractivity contribution < 1.29 is 0 Å². The molecule has 1 aliphatic carbocycles. The number of hydrogen-bond acceptors (Lipinski definition) is 2. The summed E-state index contributed by atoms with van der Waals surface area (Å²) in [6.45, 7) is 5.57. The lowest BCUT2D eigenvalue weighted by atomic mass is 9.87. The van der Waals surface area contributed by atoms with Crippen LogP contribution in [0.3, 0.4) is 0 Å². The molecule has 2 nitrogen and oxygen atoms in total. The molecule has 0 spiro atoms. The van der Waals surface area contributed by atoms with Gasteiger partial charge in [0.25, 0.3) is 0 Å². The molecule has 2 fully saturated rings. The van der Waals surface area contributed by atoms with E-state index < -0.39 is 0 Å². The third-order valence-corrected chi connectivity index (χ3v) is 3.75. The molecule has 1 saturated carbocycles. The monoisotopic (exact) mass is 220 g/mol. The quantitative estimate of drug-likeness (QED) is 0.715. The van der Waals surface area contributed by atoms with Gasteiger partial charge in [0.1, 0.15) is 0 Å². The number of hydrogen-bond donors (Lipinski definition) is 1. The van der Waals surface area contributed by atoms with Gasteiger partial charge in [-0.3, -0.25) is 4.90 Å². The van der Waals surface area contributed by atoms with Crippen molar-refractivity contribution >= 4 is 0 Å². The highest BCUT2D eigenvalue weighted by Gasteiger charge is 2.11. The molecule has 0 aromatic carbocycles. The lowest BCUT2D eigenvalue weighted by Gasteiger charge is -2.24. The summed E-state index contributed by atoms with van der Waals surface area (Å²) in [5.74, 6) is 7.65. The molecule has 2 rings (SSSR count). The molecule has 1 N–H and O–H groups in total. The second-order valence-corrected chi connectivity index (χ2v) is 5.09. The summed E-state index contributed by atoms with van der Waals surface area (Å²) in [4.78, 5) is 2.45. The molecule has 1 aliphatic heterocycles. The van der Waals surface area contributed by atoms with Crippen LogP contribution in [0.25, 0.3) is 0 Å². The molecule has 2 heteroatoms. The number of nitrogens with one attached hydrogen (secondary N) is 1. The van der Waals surface area contributed by atoms with E-state index >= 15 is 0 Å². The molecule has 0 bridgehead atoms. The normalized spacial score (nSPS) is 23.8. The maximum Gasteiger partial charge on any atom is 0.0602 e. The van der Waals surface area contributed by atoms with Crippen molar-refractivity contribution in [2.45, 2.75) is 38.5 Å². The lowest BCUT2D eigenvalue weighted by molar-refractivity contribution is 0.268. The van der Waals surface area contributed by atoms with Gasteiger partial charge in [0.15, 0.2) is 0 Å². The molecule has 90 valence electrons. The average Bonchev–Trinajstić information content (AvgIpc) is 2.37. The van der Waals surface area contributed by atoms with Crippen LogP contribution in [0.15, 0.2) is 0 Å². The molecule has 2 aliphatic rings. The van der Waals surface area contributed by atoms with Crippen LogP contribution in [-0.4, -0.2) is 37.6 Å². The topological polar surface area (TPSA) is 15.3 Å². The van der Waals surface area contributed by atoms with Crippen molar-refractivity contribution in [1.82, 2.24) is 10.2 Å². The third-order valence-electron chi connectivity index (χ3n) is 3.75. The van der Waals surface area contributed by atoms with E-state index in [2.05, 4.69) is 22.1 Å². The van der Waals surface area contributed by atoms with E-state index in [-0.39, 0.29) is 0 Å². The van der Waals surface area contributed by atoms with Gasteiger partial charge in [-0.15, -0.1) is 5.92 Å². The second kappa shape index (κ2) is 6.93. The van der Waals surface area contributed by atoms with E-state index in [1.54, 1.807) is 0 Å². The molecule has 0 atom stereocenters. The highest BCUT2D eigenvalue weighted by Crippen LogP contribution is 2.25. The van der Waals surface area contributed by atoms with Crippen LogP contribution in [0, 0.1) is 17.8 Å². The number of nitrogens with zero attached hydrogens (tertiary/aromatic N) is 1. The Labute approximate surface area is 99.8 Å². The average molecular weight is 220 g/mol. The largest absolute Gasteiger partial charge is 0.314 e. The van der Waals surface area contributed by atoms with Crippen LogP contribution in [0.5, 0.6) is 0 Å². The molecular weight excluding hydrogens is 196 g/mol. The Hall–Kier alpha value is -0.520. The van der Waals surface area contributed by atoms with Gasteiger partial charge in [0.2, 0.25) is 0 Å². The Bertz CT molecular complexity index is 215. The molecule has 1 saturated heterocycles. The predicted molar refractivity (Wildman–Crippen MR) is 68.3 cm³/mol. The van der Waals surface area contributed by atoms with Crippen molar-refractivity contribution in [2.75, 3.05) is 32.7 Å². The third kappa shape index (κ3) is 4.15. The first-order valence-electron chi connectivity index (χ1n) is 6.84. The highest BCUT2D eigenvalue weighted by atomic mass is 15.2. The van der Waals surface area contributed by atoms with Crippen LogP contribution in [0.4, 0.5) is 0 Å². The Kier molecular flexibility index (Phi) is 5.18. The predicted octanol–water partition coefficient (Wildman–Crippen LogP) is 1.87. The Morgan fingerprint density at radius 1 is 1.00 bits per heavy atom. The maximum atomic E-state index is 3.39. The molecule has 1 heterocycles. The van der Waals surface area contributed by atoms with Gasteiger partial charge in [-0.2, -0.15) is 0 Å². The van der Waals surface area contributed by atoms with Gasteiger partial charge in [-0.25, -0.2) is 0 Å². The van der Waals surface area contributed by atoms with Crippen molar-refractivity contribution in [3.05, 3.63) is 0 Å². The fraction of sp³-hybridized carbons (Fsp3) is 0.857. The summed E-state index contributed by atoms with van der Waals surface area (Å²) in [6.07, 6.45) is 8.30. The van der Waals surface area contributed by atoms with E-state index in [0.717, 1.165) is 45.1 Å². The fourth-order valence-corrected chi connectivity index (χ4v) is 2.64. The Morgan fingerprint density at radius 2 is 1.75 bits per heavy atom. The summed E-state index contributed by atoms with van der Waals surface area (Å²) in [6, 6.07) is 0. The summed E-state index contributed by atoms with van der Waals surface area (Å²) in [5, 5.41) is 3.37. The van der Waals surface area contributed by atoms with Crippen molar-refractivity contribution in [3.63, 3.8) is 0 Å². The zero-order valence-corrected chi connectivity index (χ0v) is 10.3. The van der Waals surface area contributed by atoms with Gasteiger partial charge >= 0.3 is 0 Å². The molecule has 0 unspecified atom stereocenters. The van der Waals surface area contributed by atoms with Crippen LogP contribution < -0.4 is 5.32 Å². The molecule has 0 amide bonds. The first-order chi connectivity index (χ1) is 7.95. The number of piperazine rings is 1. The smallest absolute Gasteiger partial charge is 0.0602 e. The zero-order chi connectivity index (χ0) is 11.1. The van der Waals surface area contributed by atoms with Crippen molar-refractivity contribution in [2.24, 2.45) is 5.92 Å². The van der Waals surface area contributed by atoms with Gasteiger partial charge in [-0.05, 0) is 18.8 Å². The van der Waals surface area contributed by atoms with E-state index in [4.69, 9.17) is 0 Å². The summed E-state index contributed by atoms with van der Waals surface area (Å²) in [7, 11) is 0. The van der Waals surface area contributed by atoms with E-state index in [9.17, 15) is 0 Å². The minimum Gasteiger partial charge on any atom is -0.314 e. The number of rotatable bonds is 2. The first-order valence-corrected chi connectivity index (χ1v) is 6.84. The molecule has 0 aromatic rings. The van der Waals surface area contributed by atoms with Crippen LogP contribution >= 0.6 is 0 Å². The standard InChI is InChI=1S/C14H24N2/c1-2-6-14(7-3-1)8-4-5-11-16-12-9-15-10-13-16/h14-15H,1-3,6-13H2. The van der Waals surface area contributed by atoms with Gasteiger partial charge in [-0.1, -0.05) is 25.2 Å². The highest BCUT2D eigenvalue weighted by molar-refractivity contribution is 5.02. The molecular formula is C14H24N2. The first kappa shape index (κ1) is 12.0. The Balaban J connectivity index is 1.61. The van der Waals surface area contributed by atoms with Crippen molar-refractivity contribution in [1.29, 1.82) is 0 Å². The molecule has 16 heavy (non-hydrogen) atoms. The molecule has 0 radical (unpaired) electrons. The van der Waals surface area contributed by atoms with E-state index in [1.807, 2.05) is 0 Å². The van der Waals surface area contributed by atoms with Crippen LogP contribution in [0.2, 0.25) is 0 Å². The van der Waals surface area contributed by atoms with E-state index in [1.165, 1.54) is 32.1 Å². The minimum atomic E-state index is 0.907. The van der Waals surface area contributed by atoms with Gasteiger partial charge in [0.05, 0.1) is 6.54 Å². The summed E-state index contributed by atoms with van der Waals surface area (Å²) in [5.41, 5.74) is 0. The lowest BCUT2D eigenvalue weighted by Crippen LogP contribution is -2.43. The Morgan fingerprint density at radius 3 is 2.50 bits per heavy atom. The van der Waals surface area contributed by atoms with Crippen molar-refractivity contribution in [3.8, 4) is 11.8 Å². The minimum absolute atomic E-state index is 0.907. The SMILES string of the molecule is C(#CCN1CCNCC1)CC1CCCCC1. The second-order valence-electron chi connectivity index (χ2n) is 5.09. The zero-order valence-electron chi connectivity index (χ0n) is 10.3. The fourth-order valence-electron chi connectivity index (χ4n) is 2.64. The van der Waals surface area contributed by atoms with Gasteiger partial charge < -0.3 is 5.32 Å².